The Balaban J connectivity index is 0.00000220. The molecular weight excluding hydrogens is 332 g/mol. The van der Waals surface area contributed by atoms with Crippen LogP contribution in [-0.2, 0) is 15.6 Å². The zero-order chi connectivity index (χ0) is 14.9. The highest BCUT2D eigenvalue weighted by atomic mass is 35.5. The molecule has 5 nitrogen and oxygen atoms in total. The topological polar surface area (TPSA) is 89.3 Å². The highest BCUT2D eigenvalue weighted by Gasteiger charge is 2.28. The molecule has 0 aliphatic heterocycles. The molecule has 1 saturated carbocycles. The van der Waals surface area contributed by atoms with Crippen molar-refractivity contribution in [3.8, 4) is 0 Å². The van der Waals surface area contributed by atoms with E-state index in [1.165, 1.54) is 17.6 Å². The first-order valence-corrected chi connectivity index (χ1v) is 9.45. The predicted octanol–water partition coefficient (Wildman–Crippen LogP) is 1.49. The number of halogens is 1. The second-order valence-electron chi connectivity index (χ2n) is 5.47. The summed E-state index contributed by atoms with van der Waals surface area (Å²) in [5.41, 5.74) is 6.64. The number of nitrogens with two attached hydrogens (primary N) is 1. The number of hydrogen-bond donors (Lipinski definition) is 2. The van der Waals surface area contributed by atoms with Crippen LogP contribution >= 0.6 is 23.7 Å². The lowest BCUT2D eigenvalue weighted by atomic mass is 10.2. The first kappa shape index (κ1) is 18.4. The van der Waals surface area contributed by atoms with Gasteiger partial charge in [0.1, 0.15) is 0 Å². The molecule has 1 aromatic heterocycles. The molecule has 1 aliphatic rings. The molecule has 1 unspecified atom stereocenters. The lowest BCUT2D eigenvalue weighted by Crippen LogP contribution is -2.38. The summed E-state index contributed by atoms with van der Waals surface area (Å²) >= 11 is 1.32. The van der Waals surface area contributed by atoms with E-state index in [2.05, 4.69) is 5.32 Å². The molecule has 1 atom stereocenters. The summed E-state index contributed by atoms with van der Waals surface area (Å²) in [6, 6.07) is 1.69. The van der Waals surface area contributed by atoms with Crippen molar-refractivity contribution in [3.63, 3.8) is 0 Å². The monoisotopic (exact) mass is 352 g/mol. The number of sulfone groups is 1. The first-order chi connectivity index (χ1) is 9.26. The molecule has 1 aliphatic carbocycles. The van der Waals surface area contributed by atoms with E-state index in [1.807, 2.05) is 6.92 Å². The van der Waals surface area contributed by atoms with Crippen molar-refractivity contribution in [1.82, 2.24) is 5.32 Å². The highest BCUT2D eigenvalue weighted by Crippen LogP contribution is 2.31. The number of aryl methyl sites for hydroxylation is 1. The average Bonchev–Trinajstić information content (AvgIpc) is 3.11. The molecule has 1 aromatic rings. The Labute approximate surface area is 135 Å². The van der Waals surface area contributed by atoms with Crippen molar-refractivity contribution >= 4 is 39.5 Å². The van der Waals surface area contributed by atoms with Gasteiger partial charge in [-0.15, -0.1) is 23.7 Å². The van der Waals surface area contributed by atoms with Crippen LogP contribution in [0.4, 0.5) is 0 Å². The number of carbonyl (C=O) groups is 1. The van der Waals surface area contributed by atoms with Crippen LogP contribution in [0.1, 0.15) is 33.0 Å². The minimum absolute atomic E-state index is 0. The van der Waals surface area contributed by atoms with Crippen LogP contribution in [0.25, 0.3) is 0 Å². The summed E-state index contributed by atoms with van der Waals surface area (Å²) in [6.07, 6.45) is 3.49. The minimum atomic E-state index is -3.09. The van der Waals surface area contributed by atoms with E-state index in [0.29, 0.717) is 22.9 Å². The van der Waals surface area contributed by atoms with Gasteiger partial charge in [0.2, 0.25) is 0 Å². The number of rotatable bonds is 6. The molecule has 0 aromatic carbocycles. The fourth-order valence-corrected chi connectivity index (χ4v) is 3.96. The zero-order valence-electron chi connectivity index (χ0n) is 12.1. The SMILES string of the molecule is Cc1sc(C(=O)NCC(N)C2CC2)cc1CS(C)(=O)=O.Cl. The molecule has 1 fully saturated rings. The third kappa shape index (κ3) is 5.58. The Morgan fingerprint density at radius 2 is 2.14 bits per heavy atom. The van der Waals surface area contributed by atoms with Crippen molar-refractivity contribution in [2.45, 2.75) is 31.6 Å². The largest absolute Gasteiger partial charge is 0.350 e. The maximum atomic E-state index is 12.0. The summed E-state index contributed by atoms with van der Waals surface area (Å²) < 4.78 is 22.6. The number of hydrogen-bond acceptors (Lipinski definition) is 5. The lowest BCUT2D eigenvalue weighted by Gasteiger charge is -2.10. The van der Waals surface area contributed by atoms with Crippen LogP contribution in [0.3, 0.4) is 0 Å². The van der Waals surface area contributed by atoms with Crippen LogP contribution in [0, 0.1) is 12.8 Å². The lowest BCUT2D eigenvalue weighted by molar-refractivity contribution is 0.0954. The van der Waals surface area contributed by atoms with Crippen LogP contribution in [0.15, 0.2) is 6.07 Å². The molecular formula is C13H21ClN2O3S2. The molecule has 2 rings (SSSR count). The van der Waals surface area contributed by atoms with E-state index < -0.39 is 9.84 Å². The van der Waals surface area contributed by atoms with E-state index in [4.69, 9.17) is 5.73 Å². The summed E-state index contributed by atoms with van der Waals surface area (Å²) in [6.45, 7) is 2.31. The number of carbonyl (C=O) groups excluding carboxylic acids is 1. The molecule has 3 N–H and O–H groups in total. The zero-order valence-corrected chi connectivity index (χ0v) is 14.5. The van der Waals surface area contributed by atoms with Crippen molar-refractivity contribution in [3.05, 3.63) is 21.4 Å². The fourth-order valence-electron chi connectivity index (χ4n) is 2.05. The third-order valence-electron chi connectivity index (χ3n) is 3.39. The van der Waals surface area contributed by atoms with Gasteiger partial charge in [-0.1, -0.05) is 0 Å². The standard InChI is InChI=1S/C13H20N2O3S2.ClH/c1-8-10(7-20(2,17)18)5-12(19-8)13(16)15-6-11(14)9-3-4-9;/h5,9,11H,3-4,6-7,14H2,1-2H3,(H,15,16);1H. The summed E-state index contributed by atoms with van der Waals surface area (Å²) in [4.78, 5) is 13.4. The smallest absolute Gasteiger partial charge is 0.261 e. The number of amides is 1. The minimum Gasteiger partial charge on any atom is -0.350 e. The maximum Gasteiger partial charge on any atom is 0.261 e. The Kier molecular flexibility index (Phi) is 6.22. The van der Waals surface area contributed by atoms with Crippen LogP contribution in [-0.4, -0.2) is 33.2 Å². The van der Waals surface area contributed by atoms with Gasteiger partial charge in [-0.2, -0.15) is 0 Å². The maximum absolute atomic E-state index is 12.0. The summed E-state index contributed by atoms with van der Waals surface area (Å²) in [5, 5.41) is 2.82. The normalized spacial score (nSPS) is 16.1. The Hall–Kier alpha value is -0.630. The quantitative estimate of drug-likeness (QED) is 0.811. The van der Waals surface area contributed by atoms with Gasteiger partial charge in [0.15, 0.2) is 9.84 Å². The Morgan fingerprint density at radius 3 is 2.67 bits per heavy atom. The molecule has 0 spiro atoms. The van der Waals surface area contributed by atoms with Gasteiger partial charge in [-0.3, -0.25) is 4.79 Å². The van der Waals surface area contributed by atoms with Crippen molar-refractivity contribution in [2.75, 3.05) is 12.8 Å². The van der Waals surface area contributed by atoms with Gasteiger partial charge in [-0.05, 0) is 37.3 Å². The highest BCUT2D eigenvalue weighted by molar-refractivity contribution is 7.89. The van der Waals surface area contributed by atoms with Gasteiger partial charge in [0.05, 0.1) is 10.6 Å². The summed E-state index contributed by atoms with van der Waals surface area (Å²) in [7, 11) is -3.09. The van der Waals surface area contributed by atoms with Gasteiger partial charge in [0, 0.05) is 23.7 Å². The first-order valence-electron chi connectivity index (χ1n) is 6.57. The van der Waals surface area contributed by atoms with Gasteiger partial charge in [0.25, 0.3) is 5.91 Å². The van der Waals surface area contributed by atoms with Crippen LogP contribution in [0.5, 0.6) is 0 Å². The molecule has 0 radical (unpaired) electrons. The molecule has 1 heterocycles. The molecule has 21 heavy (non-hydrogen) atoms. The van der Waals surface area contributed by atoms with Gasteiger partial charge >= 0.3 is 0 Å². The second-order valence-corrected chi connectivity index (χ2v) is 8.87. The van der Waals surface area contributed by atoms with Crippen molar-refractivity contribution < 1.29 is 13.2 Å². The van der Waals surface area contributed by atoms with Gasteiger partial charge < -0.3 is 11.1 Å². The van der Waals surface area contributed by atoms with E-state index in [0.717, 1.165) is 17.7 Å². The number of nitrogens with one attached hydrogen (secondary N) is 1. The van der Waals surface area contributed by atoms with Crippen LogP contribution in [0.2, 0.25) is 0 Å². The Bertz CT molecular complexity index is 609. The Morgan fingerprint density at radius 1 is 1.52 bits per heavy atom. The van der Waals surface area contributed by atoms with E-state index in [9.17, 15) is 13.2 Å². The fraction of sp³-hybridized carbons (Fsp3) is 0.615. The molecule has 0 saturated heterocycles. The molecule has 8 heteroatoms. The average molecular weight is 353 g/mol. The van der Waals surface area contributed by atoms with E-state index in [-0.39, 0.29) is 30.1 Å². The predicted molar refractivity (Wildman–Crippen MR) is 87.9 cm³/mol. The van der Waals surface area contributed by atoms with E-state index >= 15 is 0 Å². The van der Waals surface area contributed by atoms with Crippen molar-refractivity contribution in [2.24, 2.45) is 11.7 Å². The van der Waals surface area contributed by atoms with Crippen molar-refractivity contribution in [1.29, 1.82) is 0 Å². The van der Waals surface area contributed by atoms with E-state index in [1.54, 1.807) is 6.07 Å². The molecule has 1 amide bonds. The second kappa shape index (κ2) is 7.09. The summed E-state index contributed by atoms with van der Waals surface area (Å²) in [5.74, 6) is 0.347. The third-order valence-corrected chi connectivity index (χ3v) is 5.31. The molecule has 0 bridgehead atoms. The molecule has 120 valence electrons. The van der Waals surface area contributed by atoms with Crippen LogP contribution < -0.4 is 11.1 Å². The van der Waals surface area contributed by atoms with Gasteiger partial charge in [-0.25, -0.2) is 8.42 Å². The number of thiophene rings is 1.